The second kappa shape index (κ2) is 5.31. The van der Waals surface area contributed by atoms with E-state index < -0.39 is 0 Å². The Morgan fingerprint density at radius 1 is 1.41 bits per heavy atom. The second-order valence-electron chi connectivity index (χ2n) is 4.44. The molecule has 94 valence electrons. The molecule has 0 aliphatic carbocycles. The number of hydrogen-bond acceptors (Lipinski definition) is 4. The van der Waals surface area contributed by atoms with Crippen molar-refractivity contribution in [2.75, 3.05) is 26.2 Å². The summed E-state index contributed by atoms with van der Waals surface area (Å²) >= 11 is 0. The van der Waals surface area contributed by atoms with Gasteiger partial charge in [-0.1, -0.05) is 0 Å². The Kier molecular flexibility index (Phi) is 3.78. The van der Waals surface area contributed by atoms with E-state index >= 15 is 0 Å². The number of carbonyl (C=O) groups is 1. The van der Waals surface area contributed by atoms with Crippen LogP contribution < -0.4 is 5.32 Å². The lowest BCUT2D eigenvalue weighted by Crippen LogP contribution is -2.33. The molecule has 1 aromatic rings. The quantitative estimate of drug-likeness (QED) is 0.852. The van der Waals surface area contributed by atoms with E-state index in [1.165, 1.54) is 12.8 Å². The Bertz CT molecular complexity index is 394. The standard InChI is InChI=1S/C12H19N3O2/c1-9-11(14-10(2)17-9)12(16)13-5-8-15-6-3-4-7-15/h3-8H2,1-2H3,(H,13,16). The van der Waals surface area contributed by atoms with Gasteiger partial charge in [0.25, 0.3) is 5.91 Å². The zero-order chi connectivity index (χ0) is 12.3. The molecule has 0 aromatic carbocycles. The monoisotopic (exact) mass is 237 g/mol. The van der Waals surface area contributed by atoms with E-state index in [2.05, 4.69) is 15.2 Å². The van der Waals surface area contributed by atoms with Crippen LogP contribution in [-0.2, 0) is 0 Å². The zero-order valence-electron chi connectivity index (χ0n) is 10.5. The highest BCUT2D eigenvalue weighted by atomic mass is 16.4. The maximum Gasteiger partial charge on any atom is 0.273 e. The van der Waals surface area contributed by atoms with Crippen LogP contribution in [-0.4, -0.2) is 42.0 Å². The number of likely N-dealkylation sites (tertiary alicyclic amines) is 1. The summed E-state index contributed by atoms with van der Waals surface area (Å²) < 4.78 is 5.23. The molecule has 1 aliphatic rings. The third-order valence-corrected chi connectivity index (χ3v) is 3.03. The lowest BCUT2D eigenvalue weighted by molar-refractivity contribution is 0.0944. The first-order chi connectivity index (χ1) is 8.16. The fourth-order valence-corrected chi connectivity index (χ4v) is 2.16. The lowest BCUT2D eigenvalue weighted by atomic mass is 10.3. The highest BCUT2D eigenvalue weighted by Gasteiger charge is 2.16. The molecule has 2 heterocycles. The maximum absolute atomic E-state index is 11.8. The molecule has 1 N–H and O–H groups in total. The smallest absolute Gasteiger partial charge is 0.273 e. The average molecular weight is 237 g/mol. The molecule has 0 unspecified atom stereocenters. The maximum atomic E-state index is 11.8. The summed E-state index contributed by atoms with van der Waals surface area (Å²) in [6.07, 6.45) is 2.55. The SMILES string of the molecule is Cc1nc(C(=O)NCCN2CCCC2)c(C)o1. The number of aromatic nitrogens is 1. The van der Waals surface area contributed by atoms with Gasteiger partial charge in [-0.05, 0) is 32.9 Å². The first-order valence-electron chi connectivity index (χ1n) is 6.11. The molecule has 0 radical (unpaired) electrons. The molecule has 1 saturated heterocycles. The van der Waals surface area contributed by atoms with E-state index in [1.807, 2.05) is 0 Å². The number of rotatable bonds is 4. The fourth-order valence-electron chi connectivity index (χ4n) is 2.16. The predicted octanol–water partition coefficient (Wildman–Crippen LogP) is 1.12. The molecule has 1 aromatic heterocycles. The number of nitrogens with one attached hydrogen (secondary N) is 1. The Labute approximate surface area is 101 Å². The largest absolute Gasteiger partial charge is 0.445 e. The summed E-state index contributed by atoms with van der Waals surface area (Å²) in [6, 6.07) is 0. The highest BCUT2D eigenvalue weighted by molar-refractivity contribution is 5.93. The number of amides is 1. The van der Waals surface area contributed by atoms with Crippen molar-refractivity contribution < 1.29 is 9.21 Å². The van der Waals surface area contributed by atoms with Crippen molar-refractivity contribution >= 4 is 5.91 Å². The Morgan fingerprint density at radius 3 is 2.71 bits per heavy atom. The molecule has 0 atom stereocenters. The van der Waals surface area contributed by atoms with Gasteiger partial charge >= 0.3 is 0 Å². The molecular weight excluding hydrogens is 218 g/mol. The summed E-state index contributed by atoms with van der Waals surface area (Å²) in [5.41, 5.74) is 0.406. The minimum Gasteiger partial charge on any atom is -0.445 e. The van der Waals surface area contributed by atoms with Crippen LogP contribution in [0, 0.1) is 13.8 Å². The van der Waals surface area contributed by atoms with Crippen molar-refractivity contribution in [3.05, 3.63) is 17.3 Å². The van der Waals surface area contributed by atoms with Crippen LogP contribution in [0.25, 0.3) is 0 Å². The molecule has 5 heteroatoms. The van der Waals surface area contributed by atoms with Gasteiger partial charge in [0.1, 0.15) is 5.76 Å². The van der Waals surface area contributed by atoms with Crippen LogP contribution in [0.2, 0.25) is 0 Å². The zero-order valence-corrected chi connectivity index (χ0v) is 10.5. The van der Waals surface area contributed by atoms with Gasteiger partial charge in [0.15, 0.2) is 11.6 Å². The van der Waals surface area contributed by atoms with E-state index in [9.17, 15) is 4.79 Å². The van der Waals surface area contributed by atoms with E-state index in [-0.39, 0.29) is 5.91 Å². The van der Waals surface area contributed by atoms with Crippen LogP contribution in [0.15, 0.2) is 4.42 Å². The van der Waals surface area contributed by atoms with Crippen molar-refractivity contribution in [1.29, 1.82) is 0 Å². The number of carbonyl (C=O) groups excluding carboxylic acids is 1. The average Bonchev–Trinajstić information content (AvgIpc) is 2.88. The molecule has 5 nitrogen and oxygen atoms in total. The number of nitrogens with zero attached hydrogens (tertiary/aromatic N) is 2. The highest BCUT2D eigenvalue weighted by Crippen LogP contribution is 2.09. The fraction of sp³-hybridized carbons (Fsp3) is 0.667. The van der Waals surface area contributed by atoms with Crippen molar-refractivity contribution in [3.63, 3.8) is 0 Å². The van der Waals surface area contributed by atoms with Crippen LogP contribution in [0.3, 0.4) is 0 Å². The van der Waals surface area contributed by atoms with Crippen LogP contribution >= 0.6 is 0 Å². The predicted molar refractivity (Wildman–Crippen MR) is 64.0 cm³/mol. The molecule has 2 rings (SSSR count). The normalized spacial score (nSPS) is 16.4. The summed E-state index contributed by atoms with van der Waals surface area (Å²) in [4.78, 5) is 18.2. The first-order valence-corrected chi connectivity index (χ1v) is 6.11. The number of aryl methyl sites for hydroxylation is 2. The van der Waals surface area contributed by atoms with E-state index in [1.54, 1.807) is 13.8 Å². The first kappa shape index (κ1) is 12.1. The number of hydrogen-bond donors (Lipinski definition) is 1. The molecule has 1 aliphatic heterocycles. The molecule has 0 saturated carbocycles. The van der Waals surface area contributed by atoms with Crippen LogP contribution in [0.4, 0.5) is 0 Å². The minimum atomic E-state index is -0.140. The van der Waals surface area contributed by atoms with Crippen molar-refractivity contribution in [2.24, 2.45) is 0 Å². The van der Waals surface area contributed by atoms with Crippen LogP contribution in [0.5, 0.6) is 0 Å². The van der Waals surface area contributed by atoms with Crippen molar-refractivity contribution in [1.82, 2.24) is 15.2 Å². The molecule has 1 fully saturated rings. The van der Waals surface area contributed by atoms with Gasteiger partial charge in [0.2, 0.25) is 0 Å². The van der Waals surface area contributed by atoms with Gasteiger partial charge in [-0.15, -0.1) is 0 Å². The van der Waals surface area contributed by atoms with E-state index in [0.29, 0.717) is 23.9 Å². The van der Waals surface area contributed by atoms with Crippen molar-refractivity contribution in [3.8, 4) is 0 Å². The topological polar surface area (TPSA) is 58.4 Å². The lowest BCUT2D eigenvalue weighted by Gasteiger charge is -2.14. The van der Waals surface area contributed by atoms with E-state index in [0.717, 1.165) is 19.6 Å². The molecule has 1 amide bonds. The number of oxazole rings is 1. The summed E-state index contributed by atoms with van der Waals surface area (Å²) in [5.74, 6) is 0.979. The van der Waals surface area contributed by atoms with Crippen LogP contribution in [0.1, 0.15) is 35.0 Å². The van der Waals surface area contributed by atoms with Gasteiger partial charge < -0.3 is 14.6 Å². The minimum absolute atomic E-state index is 0.140. The van der Waals surface area contributed by atoms with Gasteiger partial charge in [0, 0.05) is 20.0 Å². The molecule has 0 spiro atoms. The Hall–Kier alpha value is -1.36. The Morgan fingerprint density at radius 2 is 2.12 bits per heavy atom. The molecule has 17 heavy (non-hydrogen) atoms. The third kappa shape index (κ3) is 3.06. The van der Waals surface area contributed by atoms with Gasteiger partial charge in [-0.3, -0.25) is 4.79 Å². The Balaban J connectivity index is 1.78. The van der Waals surface area contributed by atoms with Gasteiger partial charge in [-0.2, -0.15) is 0 Å². The summed E-state index contributed by atoms with van der Waals surface area (Å²) in [5, 5.41) is 2.88. The van der Waals surface area contributed by atoms with Gasteiger partial charge in [0.05, 0.1) is 0 Å². The second-order valence-corrected chi connectivity index (χ2v) is 4.44. The van der Waals surface area contributed by atoms with Crippen molar-refractivity contribution in [2.45, 2.75) is 26.7 Å². The molecule has 0 bridgehead atoms. The van der Waals surface area contributed by atoms with E-state index in [4.69, 9.17) is 4.42 Å². The van der Waals surface area contributed by atoms with Gasteiger partial charge in [-0.25, -0.2) is 4.98 Å². The summed E-state index contributed by atoms with van der Waals surface area (Å²) in [6.45, 7) is 7.39. The molecular formula is C12H19N3O2. The third-order valence-electron chi connectivity index (χ3n) is 3.03. The summed E-state index contributed by atoms with van der Waals surface area (Å²) in [7, 11) is 0.